The number of nitrogens with one attached hydrogen (secondary N) is 1. The number of benzene rings is 3. The van der Waals surface area contributed by atoms with E-state index in [9.17, 15) is 29.6 Å². The number of amides is 2. The highest BCUT2D eigenvalue weighted by Gasteiger charge is 2.66. The Labute approximate surface area is 238 Å². The normalized spacial score (nSPS) is 23.6. The molecule has 2 heterocycles. The van der Waals surface area contributed by atoms with Crippen LogP contribution in [0.1, 0.15) is 34.8 Å². The number of carbonyl (C=O) groups excluding carboxylic acids is 2. The zero-order chi connectivity index (χ0) is 29.5. The molecule has 0 aromatic heterocycles. The van der Waals surface area contributed by atoms with Crippen LogP contribution < -0.4 is 10.2 Å². The van der Waals surface area contributed by atoms with Gasteiger partial charge in [-0.1, -0.05) is 37.3 Å². The standard InChI is InChI=1S/C30H33N3O7Si/c1-19-27(41(2,3)39)26(14-15-34)40-30(19)24-17-23(33(37)38)12-13-25(24)32(29(30)36)18-20-8-7-11-22(16-20)31-28(35)21-9-5-4-6-10-21/h4-13,16-17,19,26-27,34,39H,14-15,18H2,1-3H3,(H,31,35)/t19-,26+,27-,30+/m1/s1. The lowest BCUT2D eigenvalue weighted by Gasteiger charge is -2.32. The van der Waals surface area contributed by atoms with Gasteiger partial charge in [0.05, 0.1) is 23.3 Å². The molecule has 1 spiro atoms. The quantitative estimate of drug-likeness (QED) is 0.203. The molecular formula is C30H33N3O7Si. The second-order valence-electron chi connectivity index (χ2n) is 11.2. The third kappa shape index (κ3) is 5.06. The summed E-state index contributed by atoms with van der Waals surface area (Å²) in [6, 6.07) is 20.3. The minimum absolute atomic E-state index is 0.131. The van der Waals surface area contributed by atoms with Gasteiger partial charge in [0.25, 0.3) is 17.5 Å². The SMILES string of the molecule is C[C@@H]1[C@@H]([Si](C)(C)O)[C@H](CCO)O[C@@]12C(=O)N(Cc1cccc(NC(=O)c3ccccc3)c1)c1ccc([N+](=O)[O-])cc12. The molecule has 0 saturated carbocycles. The van der Waals surface area contributed by atoms with Crippen molar-refractivity contribution in [2.24, 2.45) is 5.92 Å². The maximum Gasteiger partial charge on any atom is 0.269 e. The van der Waals surface area contributed by atoms with Crippen LogP contribution in [0.2, 0.25) is 18.6 Å². The first-order chi connectivity index (χ1) is 19.5. The Morgan fingerprint density at radius 1 is 1.12 bits per heavy atom. The molecule has 0 radical (unpaired) electrons. The van der Waals surface area contributed by atoms with Crippen molar-refractivity contribution in [2.45, 2.75) is 50.2 Å². The van der Waals surface area contributed by atoms with Crippen LogP contribution in [0.4, 0.5) is 17.1 Å². The lowest BCUT2D eigenvalue weighted by molar-refractivity contribution is -0.385. The van der Waals surface area contributed by atoms with Gasteiger partial charge in [-0.05, 0) is 55.4 Å². The molecule has 1 saturated heterocycles. The Morgan fingerprint density at radius 3 is 2.51 bits per heavy atom. The lowest BCUT2D eigenvalue weighted by Crippen LogP contribution is -2.46. The summed E-state index contributed by atoms with van der Waals surface area (Å²) in [6.45, 7) is 5.35. The zero-order valence-corrected chi connectivity index (χ0v) is 24.1. The topological polar surface area (TPSA) is 142 Å². The van der Waals surface area contributed by atoms with Gasteiger partial charge in [-0.15, -0.1) is 0 Å². The number of rotatable bonds is 8. The van der Waals surface area contributed by atoms with Gasteiger partial charge in [-0.2, -0.15) is 0 Å². The molecule has 11 heteroatoms. The van der Waals surface area contributed by atoms with E-state index in [0.717, 1.165) is 5.56 Å². The number of nitro benzene ring substituents is 1. The summed E-state index contributed by atoms with van der Waals surface area (Å²) in [6.07, 6.45) is -0.358. The molecule has 2 aliphatic rings. The van der Waals surface area contributed by atoms with E-state index in [1.165, 1.54) is 12.1 Å². The van der Waals surface area contributed by atoms with Crippen LogP contribution in [0.5, 0.6) is 0 Å². The maximum atomic E-state index is 14.4. The molecule has 0 aliphatic carbocycles. The number of hydrogen-bond acceptors (Lipinski definition) is 7. The van der Waals surface area contributed by atoms with Crippen molar-refractivity contribution in [3.63, 3.8) is 0 Å². The van der Waals surface area contributed by atoms with Crippen LogP contribution in [-0.4, -0.2) is 47.7 Å². The van der Waals surface area contributed by atoms with Crippen molar-refractivity contribution in [1.29, 1.82) is 0 Å². The highest BCUT2D eigenvalue weighted by Crippen LogP contribution is 2.60. The number of anilines is 2. The lowest BCUT2D eigenvalue weighted by atomic mass is 9.82. The average Bonchev–Trinajstić information content (AvgIpc) is 3.36. The first kappa shape index (κ1) is 28.6. The number of nitrogens with zero attached hydrogens (tertiary/aromatic N) is 2. The van der Waals surface area contributed by atoms with Crippen molar-refractivity contribution >= 4 is 37.2 Å². The fourth-order valence-corrected chi connectivity index (χ4v) is 9.06. The Kier molecular flexibility index (Phi) is 7.55. The maximum absolute atomic E-state index is 14.4. The van der Waals surface area contributed by atoms with Gasteiger partial charge in [0.1, 0.15) is 0 Å². The number of carbonyl (C=O) groups is 2. The Bertz CT molecular complexity index is 1490. The molecule has 0 bridgehead atoms. The first-order valence-corrected chi connectivity index (χ1v) is 16.6. The summed E-state index contributed by atoms with van der Waals surface area (Å²) in [5, 5.41) is 24.4. The summed E-state index contributed by atoms with van der Waals surface area (Å²) >= 11 is 0. The Balaban J connectivity index is 1.52. The van der Waals surface area contributed by atoms with Gasteiger partial charge in [-0.3, -0.25) is 19.7 Å². The van der Waals surface area contributed by atoms with Crippen LogP contribution in [0.3, 0.4) is 0 Å². The number of fused-ring (bicyclic) bond motifs is 2. The molecular weight excluding hydrogens is 542 g/mol. The molecule has 3 aromatic rings. The monoisotopic (exact) mass is 575 g/mol. The van der Waals surface area contributed by atoms with Crippen LogP contribution in [0.15, 0.2) is 72.8 Å². The molecule has 4 atom stereocenters. The number of aliphatic hydroxyl groups excluding tert-OH is 1. The van der Waals surface area contributed by atoms with E-state index in [-0.39, 0.29) is 42.6 Å². The van der Waals surface area contributed by atoms with Crippen LogP contribution in [0, 0.1) is 16.0 Å². The van der Waals surface area contributed by atoms with Gasteiger partial charge in [0, 0.05) is 47.0 Å². The van der Waals surface area contributed by atoms with E-state index in [4.69, 9.17) is 4.74 Å². The second kappa shape index (κ2) is 10.8. The average molecular weight is 576 g/mol. The fraction of sp³-hybridized carbons (Fsp3) is 0.333. The Morgan fingerprint density at radius 2 is 1.85 bits per heavy atom. The third-order valence-electron chi connectivity index (χ3n) is 8.15. The molecule has 41 heavy (non-hydrogen) atoms. The van der Waals surface area contributed by atoms with Crippen LogP contribution in [0.25, 0.3) is 0 Å². The molecule has 3 aromatic carbocycles. The van der Waals surface area contributed by atoms with Gasteiger partial charge < -0.3 is 24.9 Å². The van der Waals surface area contributed by atoms with Gasteiger partial charge >= 0.3 is 0 Å². The summed E-state index contributed by atoms with van der Waals surface area (Å²) in [5.41, 5.74) is 0.592. The van der Waals surface area contributed by atoms with Gasteiger partial charge in [0.2, 0.25) is 0 Å². The number of non-ortho nitro benzene ring substituents is 1. The predicted octanol–water partition coefficient (Wildman–Crippen LogP) is 4.57. The second-order valence-corrected chi connectivity index (χ2v) is 15.2. The van der Waals surface area contributed by atoms with E-state index < -0.39 is 30.9 Å². The van der Waals surface area contributed by atoms with Gasteiger partial charge in [0.15, 0.2) is 13.9 Å². The van der Waals surface area contributed by atoms with Crippen LogP contribution in [-0.2, 0) is 21.7 Å². The van der Waals surface area contributed by atoms with E-state index >= 15 is 0 Å². The summed E-state index contributed by atoms with van der Waals surface area (Å²) in [4.78, 5) is 51.0. The number of ether oxygens (including phenoxy) is 1. The minimum atomic E-state index is -2.90. The molecule has 10 nitrogen and oxygen atoms in total. The number of nitro groups is 1. The number of aliphatic hydroxyl groups is 1. The highest BCUT2D eigenvalue weighted by atomic mass is 28.4. The molecule has 5 rings (SSSR count). The largest absolute Gasteiger partial charge is 0.432 e. The first-order valence-electron chi connectivity index (χ1n) is 13.5. The fourth-order valence-electron chi connectivity index (χ4n) is 6.46. The summed E-state index contributed by atoms with van der Waals surface area (Å²) in [7, 11) is -2.90. The molecule has 2 amide bonds. The molecule has 0 unspecified atom stereocenters. The summed E-state index contributed by atoms with van der Waals surface area (Å²) < 4.78 is 6.51. The third-order valence-corrected chi connectivity index (χ3v) is 10.7. The van der Waals surface area contributed by atoms with Crippen LogP contribution >= 0.6 is 0 Å². The molecule has 214 valence electrons. The van der Waals surface area contributed by atoms with E-state index in [1.54, 1.807) is 66.5 Å². The van der Waals surface area contributed by atoms with E-state index in [1.807, 2.05) is 19.1 Å². The summed E-state index contributed by atoms with van der Waals surface area (Å²) in [5.74, 6) is -1.13. The predicted molar refractivity (Wildman–Crippen MR) is 156 cm³/mol. The van der Waals surface area contributed by atoms with Crippen molar-refractivity contribution in [3.8, 4) is 0 Å². The molecule has 2 aliphatic heterocycles. The molecule has 3 N–H and O–H groups in total. The van der Waals surface area contributed by atoms with Crippen molar-refractivity contribution in [1.82, 2.24) is 0 Å². The van der Waals surface area contributed by atoms with Crippen molar-refractivity contribution < 1.29 is 29.2 Å². The van der Waals surface area contributed by atoms with Crippen molar-refractivity contribution in [2.75, 3.05) is 16.8 Å². The molecule has 1 fully saturated rings. The highest BCUT2D eigenvalue weighted by molar-refractivity contribution is 6.71. The van der Waals surface area contributed by atoms with Gasteiger partial charge in [-0.25, -0.2) is 0 Å². The smallest absolute Gasteiger partial charge is 0.269 e. The number of hydrogen-bond donors (Lipinski definition) is 3. The van der Waals surface area contributed by atoms with E-state index in [2.05, 4.69) is 5.32 Å². The van der Waals surface area contributed by atoms with E-state index in [0.29, 0.717) is 22.5 Å². The van der Waals surface area contributed by atoms with Crippen molar-refractivity contribution in [3.05, 3.63) is 99.6 Å². The minimum Gasteiger partial charge on any atom is -0.432 e. The zero-order valence-electron chi connectivity index (χ0n) is 23.1. The Hall–Kier alpha value is -3.90.